The first kappa shape index (κ1) is 26.7. The summed E-state index contributed by atoms with van der Waals surface area (Å²) < 4.78 is 31.5. The van der Waals surface area contributed by atoms with Gasteiger partial charge in [0, 0.05) is 60.6 Å². The van der Waals surface area contributed by atoms with Crippen LogP contribution in [0.4, 0.5) is 0 Å². The molecule has 2 saturated heterocycles. The summed E-state index contributed by atoms with van der Waals surface area (Å²) >= 11 is 12.6. The van der Waals surface area contributed by atoms with Gasteiger partial charge < -0.3 is 18.1 Å². The van der Waals surface area contributed by atoms with Crippen LogP contribution in [0.25, 0.3) is 21.5 Å². The highest BCUT2D eigenvalue weighted by Crippen LogP contribution is 2.57. The molecule has 0 spiro atoms. The normalized spacial score (nSPS) is 26.0. The molecule has 3 aliphatic heterocycles. The van der Waals surface area contributed by atoms with Crippen LogP contribution in [-0.2, 0) is 23.6 Å². The molecule has 208 valence electrons. The summed E-state index contributed by atoms with van der Waals surface area (Å²) in [7, 11) is 0. The van der Waals surface area contributed by atoms with Crippen LogP contribution in [0.15, 0.2) is 72.8 Å². The van der Waals surface area contributed by atoms with Crippen LogP contribution in [0, 0.1) is 0 Å². The molecule has 0 N–H and O–H groups in total. The van der Waals surface area contributed by atoms with Crippen molar-refractivity contribution in [1.82, 2.24) is 9.34 Å². The van der Waals surface area contributed by atoms with E-state index < -0.39 is 13.3 Å². The number of piperidine rings is 2. The summed E-state index contributed by atoms with van der Waals surface area (Å²) in [6.45, 7) is -2.42. The van der Waals surface area contributed by atoms with Crippen LogP contribution in [0.2, 0.25) is 0 Å². The summed E-state index contributed by atoms with van der Waals surface area (Å²) in [4.78, 5) is 0. The van der Waals surface area contributed by atoms with E-state index in [2.05, 4.69) is 21.5 Å². The van der Waals surface area contributed by atoms with Gasteiger partial charge in [0.2, 0.25) is 0 Å². The Bertz CT molecular complexity index is 1550. The number of hydrogen-bond donors (Lipinski definition) is 0. The zero-order valence-electron chi connectivity index (χ0n) is 22.2. The zero-order chi connectivity index (χ0) is 27.2. The van der Waals surface area contributed by atoms with Crippen LogP contribution in [0.3, 0.4) is 0 Å². The van der Waals surface area contributed by atoms with Gasteiger partial charge in [-0.3, -0.25) is 0 Å². The monoisotopic (exact) mass is 610 g/mol. The fourth-order valence-electron chi connectivity index (χ4n) is 5.75. The van der Waals surface area contributed by atoms with Gasteiger partial charge in [0.15, 0.2) is 0 Å². The number of hydrogen-bond acceptors (Lipinski definition) is 6. The third kappa shape index (κ3) is 5.15. The van der Waals surface area contributed by atoms with Gasteiger partial charge in [-0.15, -0.1) is 0 Å². The molecule has 10 heteroatoms. The maximum Gasteiger partial charge on any atom is 0.368 e. The van der Waals surface area contributed by atoms with Crippen LogP contribution in [0.5, 0.6) is 23.0 Å². The predicted molar refractivity (Wildman–Crippen MR) is 170 cm³/mol. The van der Waals surface area contributed by atoms with Crippen molar-refractivity contribution < 1.29 is 18.1 Å². The molecule has 4 bridgehead atoms. The number of nitrogens with zero attached hydrogens (tertiary/aromatic N) is 2. The summed E-state index contributed by atoms with van der Waals surface area (Å²) in [5.41, 5.74) is 0. The van der Waals surface area contributed by atoms with Crippen molar-refractivity contribution in [2.75, 3.05) is 26.2 Å². The van der Waals surface area contributed by atoms with E-state index in [1.54, 1.807) is 0 Å². The van der Waals surface area contributed by atoms with Crippen molar-refractivity contribution in [1.29, 1.82) is 0 Å². The average Bonchev–Trinajstić information content (AvgIpc) is 2.98. The number of rotatable bonds is 2. The zero-order valence-corrected chi connectivity index (χ0v) is 25.7. The highest BCUT2D eigenvalue weighted by atomic mass is 32.5. The Morgan fingerprint density at radius 3 is 1.35 bits per heavy atom. The van der Waals surface area contributed by atoms with Gasteiger partial charge in [-0.1, -0.05) is 49.2 Å². The molecule has 7 rings (SSSR count). The van der Waals surface area contributed by atoms with Gasteiger partial charge in [-0.25, -0.2) is 9.34 Å². The minimum Gasteiger partial charge on any atom is -0.424 e. The molecule has 2 atom stereocenters. The van der Waals surface area contributed by atoms with E-state index in [1.165, 1.54) is 12.8 Å². The molecular formula is C30H32N2O4P2S2. The molecule has 3 aliphatic rings. The first-order chi connectivity index (χ1) is 19.5. The average molecular weight is 611 g/mol. The van der Waals surface area contributed by atoms with Gasteiger partial charge in [0.05, 0.1) is 0 Å². The van der Waals surface area contributed by atoms with E-state index in [0.717, 1.165) is 73.4 Å². The number of benzene rings is 4. The standard InChI is InChI=1S/C30H32N2O4P2S2/c39-37(31-17-3-1-4-18-31)33-25-15-13-24-10-8-12-30(28(24)21-25)36-38(40,32-19-5-2-6-20-32)34-26-16-14-23-9-7-11-29(35-37)27(23)22-26/h7-16,21-22H,1-6,17-20H2. The molecule has 2 unspecified atom stereocenters. The smallest absolute Gasteiger partial charge is 0.368 e. The van der Waals surface area contributed by atoms with E-state index in [9.17, 15) is 0 Å². The van der Waals surface area contributed by atoms with Crippen LogP contribution < -0.4 is 18.1 Å². The molecule has 40 heavy (non-hydrogen) atoms. The fourth-order valence-corrected chi connectivity index (χ4v) is 11.4. The largest absolute Gasteiger partial charge is 0.424 e. The van der Waals surface area contributed by atoms with Crippen molar-refractivity contribution in [3.63, 3.8) is 0 Å². The van der Waals surface area contributed by atoms with E-state index >= 15 is 0 Å². The molecule has 0 amide bonds. The Labute approximate surface area is 245 Å². The third-order valence-corrected chi connectivity index (χ3v) is 14.1. The summed E-state index contributed by atoms with van der Waals surface area (Å²) in [5.74, 6) is 2.73. The SMILES string of the molecule is S=P1(N2CCCCC2)Oc2ccc3cccc(c3c2)OP(=S)(N2CCCCC2)Oc2ccc3cccc(c3c2)O1. The molecule has 3 heterocycles. The highest BCUT2D eigenvalue weighted by molar-refractivity contribution is 8.09. The first-order valence-electron chi connectivity index (χ1n) is 14.0. The molecule has 0 saturated carbocycles. The van der Waals surface area contributed by atoms with Crippen molar-refractivity contribution in [3.05, 3.63) is 72.8 Å². The minimum atomic E-state index is -2.93. The van der Waals surface area contributed by atoms with Crippen molar-refractivity contribution >= 4 is 58.4 Å². The maximum atomic E-state index is 6.80. The molecule has 0 radical (unpaired) electrons. The lowest BCUT2D eigenvalue weighted by atomic mass is 10.1. The Morgan fingerprint density at radius 1 is 0.500 bits per heavy atom. The lowest BCUT2D eigenvalue weighted by Gasteiger charge is -2.37. The second-order valence-electron chi connectivity index (χ2n) is 10.6. The van der Waals surface area contributed by atoms with Gasteiger partial charge in [-0.2, -0.15) is 0 Å². The Hall–Kier alpha value is -2.18. The van der Waals surface area contributed by atoms with E-state index in [1.807, 2.05) is 60.7 Å². The lowest BCUT2D eigenvalue weighted by Crippen LogP contribution is -2.31. The summed E-state index contributed by atoms with van der Waals surface area (Å²) in [5, 5.41) is 3.91. The minimum absolute atomic E-state index is 0.669. The van der Waals surface area contributed by atoms with E-state index in [-0.39, 0.29) is 0 Å². The fraction of sp³-hybridized carbons (Fsp3) is 0.333. The van der Waals surface area contributed by atoms with Gasteiger partial charge in [0.25, 0.3) is 0 Å². The first-order valence-corrected chi connectivity index (χ1v) is 19.2. The third-order valence-electron chi connectivity index (χ3n) is 7.85. The summed E-state index contributed by atoms with van der Waals surface area (Å²) in [6, 6.07) is 24.2. The van der Waals surface area contributed by atoms with E-state index in [4.69, 9.17) is 41.7 Å². The second-order valence-corrected chi connectivity index (χ2v) is 17.1. The summed E-state index contributed by atoms with van der Waals surface area (Å²) in [6.07, 6.45) is 6.71. The second kappa shape index (κ2) is 10.9. The molecule has 6 nitrogen and oxygen atoms in total. The van der Waals surface area contributed by atoms with Gasteiger partial charge in [0.1, 0.15) is 23.0 Å². The Balaban J connectivity index is 1.42. The molecule has 4 aromatic rings. The maximum absolute atomic E-state index is 6.80. The highest BCUT2D eigenvalue weighted by Gasteiger charge is 2.36. The molecule has 0 aromatic heterocycles. The molecule has 0 aliphatic carbocycles. The molecular weight excluding hydrogens is 578 g/mol. The van der Waals surface area contributed by atoms with Gasteiger partial charge >= 0.3 is 13.3 Å². The quantitative estimate of drug-likeness (QED) is 0.209. The van der Waals surface area contributed by atoms with Crippen LogP contribution in [-0.4, -0.2) is 35.5 Å². The Kier molecular flexibility index (Phi) is 7.28. The van der Waals surface area contributed by atoms with E-state index in [0.29, 0.717) is 23.0 Å². The van der Waals surface area contributed by atoms with Crippen molar-refractivity contribution in [2.45, 2.75) is 38.5 Å². The van der Waals surface area contributed by atoms with Crippen LogP contribution >= 0.6 is 13.3 Å². The molecule has 2 fully saturated rings. The lowest BCUT2D eigenvalue weighted by molar-refractivity contribution is 0.304. The number of fused-ring (bicyclic) bond motifs is 2. The predicted octanol–water partition coefficient (Wildman–Crippen LogP) is 8.64. The Morgan fingerprint density at radius 2 is 0.925 bits per heavy atom. The molecule has 4 aromatic carbocycles. The topological polar surface area (TPSA) is 43.4 Å². The van der Waals surface area contributed by atoms with Gasteiger partial charge in [-0.05, 0) is 72.9 Å². The van der Waals surface area contributed by atoms with Crippen molar-refractivity contribution in [3.8, 4) is 23.0 Å². The van der Waals surface area contributed by atoms with Crippen LogP contribution in [0.1, 0.15) is 38.5 Å². The van der Waals surface area contributed by atoms with Crippen molar-refractivity contribution in [2.24, 2.45) is 0 Å².